The van der Waals surface area contributed by atoms with Crippen LogP contribution in [0.5, 0.6) is 0 Å². The Balaban J connectivity index is 1.59. The largest absolute Gasteiger partial charge is 0.298 e. The van der Waals surface area contributed by atoms with Crippen LogP contribution in [-0.2, 0) is 13.0 Å². The minimum absolute atomic E-state index is 0.0219. The van der Waals surface area contributed by atoms with Crippen LogP contribution >= 0.6 is 23.1 Å². The van der Waals surface area contributed by atoms with Gasteiger partial charge in [0.2, 0.25) is 0 Å². The molecule has 0 saturated heterocycles. The molecule has 0 N–H and O–H groups in total. The van der Waals surface area contributed by atoms with Gasteiger partial charge in [-0.2, -0.15) is 0 Å². The van der Waals surface area contributed by atoms with Crippen LogP contribution in [-0.4, -0.2) is 39.1 Å². The Labute approximate surface area is 194 Å². The maximum atomic E-state index is 13.8. The number of carbonyl (C=O) groups excluding carboxylic acids is 1. The van der Waals surface area contributed by atoms with Crippen LogP contribution in [0.1, 0.15) is 27.7 Å². The van der Waals surface area contributed by atoms with E-state index >= 15 is 0 Å². The number of Topliss-reactive ketones (excluding diaryl/α,β-unsaturated/α-hetero) is 1. The average Bonchev–Trinajstić information content (AvgIpc) is 3.21. The van der Waals surface area contributed by atoms with E-state index in [1.54, 1.807) is 15.9 Å². The third-order valence-corrected chi connectivity index (χ3v) is 7.86. The zero-order chi connectivity index (χ0) is 22.1. The van der Waals surface area contributed by atoms with Gasteiger partial charge in [-0.05, 0) is 30.7 Å². The van der Waals surface area contributed by atoms with Gasteiger partial charge in [0.05, 0.1) is 16.8 Å². The minimum Gasteiger partial charge on any atom is -0.298 e. The second-order valence-corrected chi connectivity index (χ2v) is 9.78. The zero-order valence-electron chi connectivity index (χ0n) is 17.8. The fourth-order valence-electron chi connectivity index (χ4n) is 4.09. The highest BCUT2D eigenvalue weighted by Gasteiger charge is 2.25. The summed E-state index contributed by atoms with van der Waals surface area (Å²) in [5, 5.41) is 1.30. The Morgan fingerprint density at radius 1 is 1.09 bits per heavy atom. The highest BCUT2D eigenvalue weighted by Crippen LogP contribution is 2.34. The van der Waals surface area contributed by atoms with Gasteiger partial charge in [0.1, 0.15) is 4.83 Å². The van der Waals surface area contributed by atoms with Gasteiger partial charge in [-0.15, -0.1) is 11.3 Å². The van der Waals surface area contributed by atoms with Crippen molar-refractivity contribution >= 4 is 39.1 Å². The number of ketones is 1. The first-order valence-corrected chi connectivity index (χ1v) is 12.5. The van der Waals surface area contributed by atoms with Crippen molar-refractivity contribution in [2.45, 2.75) is 25.0 Å². The Bertz CT molecular complexity index is 1330. The number of benzene rings is 2. The molecule has 0 saturated carbocycles. The molecular formula is C25H23N3O2S2. The summed E-state index contributed by atoms with van der Waals surface area (Å²) < 4.78 is 1.67. The Morgan fingerprint density at radius 3 is 2.53 bits per heavy atom. The number of aromatic nitrogens is 2. The van der Waals surface area contributed by atoms with E-state index in [2.05, 4.69) is 11.8 Å². The quantitative estimate of drug-likeness (QED) is 0.235. The number of thiophene rings is 1. The van der Waals surface area contributed by atoms with Gasteiger partial charge in [-0.3, -0.25) is 19.1 Å². The third-order valence-electron chi connectivity index (χ3n) is 5.81. The molecule has 0 radical (unpaired) electrons. The molecule has 0 unspecified atom stereocenters. The van der Waals surface area contributed by atoms with Crippen LogP contribution in [0.3, 0.4) is 0 Å². The number of hydrogen-bond acceptors (Lipinski definition) is 6. The molecule has 0 bridgehead atoms. The highest BCUT2D eigenvalue weighted by molar-refractivity contribution is 7.99. The lowest BCUT2D eigenvalue weighted by atomic mass is 10.1. The molecule has 4 aromatic rings. The highest BCUT2D eigenvalue weighted by atomic mass is 32.2. The number of thioether (sulfide) groups is 1. The summed E-state index contributed by atoms with van der Waals surface area (Å²) in [6.07, 6.45) is 0.869. The van der Waals surface area contributed by atoms with Crippen LogP contribution in [0.4, 0.5) is 0 Å². The van der Waals surface area contributed by atoms with Crippen molar-refractivity contribution in [2.24, 2.45) is 0 Å². The molecule has 32 heavy (non-hydrogen) atoms. The molecule has 5 rings (SSSR count). The van der Waals surface area contributed by atoms with E-state index < -0.39 is 0 Å². The Morgan fingerprint density at radius 2 is 1.81 bits per heavy atom. The second kappa shape index (κ2) is 9.02. The molecule has 3 heterocycles. The van der Waals surface area contributed by atoms with E-state index in [-0.39, 0.29) is 17.1 Å². The Kier molecular flexibility index (Phi) is 5.95. The van der Waals surface area contributed by atoms with Crippen molar-refractivity contribution in [2.75, 3.05) is 18.8 Å². The smallest absolute Gasteiger partial charge is 0.267 e. The standard InChI is InChI=1S/C25H23N3O2S2/c1-2-27-14-13-19-21(15-27)32-23-22(19)24(30)28(18-11-7-4-8-12-18)25(26-23)31-16-20(29)17-9-5-3-6-10-17/h3-12H,2,13-16H2,1H3. The first-order valence-electron chi connectivity index (χ1n) is 10.7. The average molecular weight is 462 g/mol. The molecule has 0 aliphatic carbocycles. The zero-order valence-corrected chi connectivity index (χ0v) is 19.4. The van der Waals surface area contributed by atoms with Crippen molar-refractivity contribution in [3.05, 3.63) is 87.0 Å². The lowest BCUT2D eigenvalue weighted by Crippen LogP contribution is -2.30. The Hall–Kier alpha value is -2.74. The van der Waals surface area contributed by atoms with Crippen LogP contribution in [0, 0.1) is 0 Å². The number of nitrogens with zero attached hydrogens (tertiary/aromatic N) is 3. The molecular weight excluding hydrogens is 438 g/mol. The van der Waals surface area contributed by atoms with E-state index in [0.717, 1.165) is 47.5 Å². The number of likely N-dealkylation sites (N-methyl/N-ethyl adjacent to an activating group) is 1. The minimum atomic E-state index is -0.0432. The monoisotopic (exact) mass is 461 g/mol. The third kappa shape index (κ3) is 3.92. The second-order valence-electron chi connectivity index (χ2n) is 7.75. The first-order chi connectivity index (χ1) is 15.7. The molecule has 5 nitrogen and oxygen atoms in total. The normalized spacial score (nSPS) is 13.9. The number of hydrogen-bond donors (Lipinski definition) is 0. The van der Waals surface area contributed by atoms with Crippen molar-refractivity contribution in [3.63, 3.8) is 0 Å². The van der Waals surface area contributed by atoms with E-state index in [0.29, 0.717) is 10.7 Å². The summed E-state index contributed by atoms with van der Waals surface area (Å²) in [4.78, 5) is 35.8. The molecule has 0 spiro atoms. The summed E-state index contributed by atoms with van der Waals surface area (Å²) in [6, 6.07) is 18.8. The van der Waals surface area contributed by atoms with E-state index in [1.807, 2.05) is 60.7 Å². The van der Waals surface area contributed by atoms with Crippen LogP contribution in [0.2, 0.25) is 0 Å². The molecule has 2 aromatic heterocycles. The van der Waals surface area contributed by atoms with Gasteiger partial charge in [-0.25, -0.2) is 4.98 Å². The van der Waals surface area contributed by atoms with E-state index in [4.69, 9.17) is 4.98 Å². The van der Waals surface area contributed by atoms with E-state index in [9.17, 15) is 9.59 Å². The fourth-order valence-corrected chi connectivity index (χ4v) is 6.30. The van der Waals surface area contributed by atoms with Crippen molar-refractivity contribution in [3.8, 4) is 5.69 Å². The van der Waals surface area contributed by atoms with Gasteiger partial charge in [0.15, 0.2) is 10.9 Å². The number of fused-ring (bicyclic) bond motifs is 3. The van der Waals surface area contributed by atoms with Gasteiger partial charge in [-0.1, -0.05) is 67.2 Å². The molecule has 0 amide bonds. The predicted molar refractivity (Wildman–Crippen MR) is 131 cm³/mol. The summed E-state index contributed by atoms with van der Waals surface area (Å²) in [6.45, 7) is 4.99. The molecule has 0 fully saturated rings. The topological polar surface area (TPSA) is 55.2 Å². The van der Waals surface area contributed by atoms with Gasteiger partial charge >= 0.3 is 0 Å². The number of carbonyl (C=O) groups is 1. The fraction of sp³-hybridized carbons (Fsp3) is 0.240. The number of rotatable bonds is 6. The molecule has 1 aliphatic rings. The molecule has 7 heteroatoms. The maximum Gasteiger partial charge on any atom is 0.267 e. The molecule has 2 aromatic carbocycles. The van der Waals surface area contributed by atoms with Crippen molar-refractivity contribution in [1.82, 2.24) is 14.5 Å². The van der Waals surface area contributed by atoms with Gasteiger partial charge in [0, 0.05) is 23.5 Å². The first kappa shape index (κ1) is 21.1. The SMILES string of the molecule is CCN1CCc2c(sc3nc(SCC(=O)c4ccccc4)n(-c4ccccc4)c(=O)c23)C1. The van der Waals surface area contributed by atoms with E-state index in [1.165, 1.54) is 16.6 Å². The number of para-hydroxylation sites is 1. The molecule has 162 valence electrons. The van der Waals surface area contributed by atoms with Crippen LogP contribution in [0.15, 0.2) is 70.6 Å². The summed E-state index contributed by atoms with van der Waals surface area (Å²) in [5.74, 6) is 0.248. The maximum absolute atomic E-state index is 13.8. The van der Waals surface area contributed by atoms with Crippen molar-refractivity contribution in [1.29, 1.82) is 0 Å². The van der Waals surface area contributed by atoms with Crippen LogP contribution in [0.25, 0.3) is 15.9 Å². The molecule has 0 atom stereocenters. The predicted octanol–water partition coefficient (Wildman–Crippen LogP) is 4.80. The lowest BCUT2D eigenvalue weighted by molar-refractivity contribution is 0.102. The summed E-state index contributed by atoms with van der Waals surface area (Å²) in [5.41, 5.74) is 2.54. The summed E-state index contributed by atoms with van der Waals surface area (Å²) >= 11 is 2.94. The molecule has 1 aliphatic heterocycles. The van der Waals surface area contributed by atoms with Crippen molar-refractivity contribution < 1.29 is 4.79 Å². The van der Waals surface area contributed by atoms with Crippen LogP contribution < -0.4 is 5.56 Å². The summed E-state index contributed by atoms with van der Waals surface area (Å²) in [7, 11) is 0. The van der Waals surface area contributed by atoms with Gasteiger partial charge < -0.3 is 0 Å². The van der Waals surface area contributed by atoms with Gasteiger partial charge in [0.25, 0.3) is 5.56 Å². The lowest BCUT2D eigenvalue weighted by Gasteiger charge is -2.25.